The Morgan fingerprint density at radius 3 is 2.88 bits per heavy atom. The van der Waals surface area contributed by atoms with Crippen LogP contribution in [0.3, 0.4) is 0 Å². The van der Waals surface area contributed by atoms with Crippen molar-refractivity contribution in [3.05, 3.63) is 59.2 Å². The fourth-order valence-electron chi connectivity index (χ4n) is 3.18. The normalized spacial score (nSPS) is 18.0. The van der Waals surface area contributed by atoms with Crippen LogP contribution < -0.4 is 10.1 Å². The molecular weight excluding hydrogens is 302 g/mol. The molecular formula is C20H25NO3. The predicted octanol–water partition coefficient (Wildman–Crippen LogP) is 2.59. The summed E-state index contributed by atoms with van der Waals surface area (Å²) >= 11 is 0. The van der Waals surface area contributed by atoms with Crippen LogP contribution in [0.25, 0.3) is 0 Å². The molecule has 0 bridgehead atoms. The minimum Gasteiger partial charge on any atom is -0.508 e. The van der Waals surface area contributed by atoms with Crippen molar-refractivity contribution in [3.63, 3.8) is 0 Å². The summed E-state index contributed by atoms with van der Waals surface area (Å²) in [7, 11) is 0. The smallest absolute Gasteiger partial charge is 0.122 e. The fourth-order valence-corrected chi connectivity index (χ4v) is 3.18. The Balaban J connectivity index is 1.44. The number of nitrogens with one attached hydrogen (secondary N) is 1. The van der Waals surface area contributed by atoms with Crippen LogP contribution in [0.2, 0.25) is 0 Å². The monoisotopic (exact) mass is 327 g/mol. The highest BCUT2D eigenvalue weighted by Gasteiger charge is 2.19. The highest BCUT2D eigenvalue weighted by molar-refractivity contribution is 5.37. The van der Waals surface area contributed by atoms with Crippen molar-refractivity contribution in [1.82, 2.24) is 5.32 Å². The summed E-state index contributed by atoms with van der Waals surface area (Å²) in [5.74, 6) is 1.16. The summed E-state index contributed by atoms with van der Waals surface area (Å²) in [6.45, 7) is 2.80. The van der Waals surface area contributed by atoms with Gasteiger partial charge in [-0.3, -0.25) is 0 Å². The summed E-state index contributed by atoms with van der Waals surface area (Å²) in [4.78, 5) is 0. The Morgan fingerprint density at radius 2 is 2.04 bits per heavy atom. The van der Waals surface area contributed by atoms with Gasteiger partial charge in [0.05, 0.1) is 0 Å². The number of rotatable bonds is 6. The van der Waals surface area contributed by atoms with Crippen molar-refractivity contribution in [3.8, 4) is 11.5 Å². The lowest BCUT2D eigenvalue weighted by molar-refractivity contribution is 0.102. The number of aryl methyl sites for hydroxylation is 2. The van der Waals surface area contributed by atoms with Gasteiger partial charge in [-0.25, -0.2) is 0 Å². The van der Waals surface area contributed by atoms with Gasteiger partial charge in [-0.2, -0.15) is 0 Å². The third kappa shape index (κ3) is 4.28. The average molecular weight is 327 g/mol. The molecule has 2 atom stereocenters. The molecule has 0 saturated heterocycles. The summed E-state index contributed by atoms with van der Waals surface area (Å²) in [6.07, 6.45) is 2.37. The van der Waals surface area contributed by atoms with Crippen molar-refractivity contribution < 1.29 is 14.9 Å². The fraction of sp³-hybridized carbons (Fsp3) is 0.400. The van der Waals surface area contributed by atoms with Crippen LogP contribution in [0.5, 0.6) is 11.5 Å². The van der Waals surface area contributed by atoms with E-state index in [0.717, 1.165) is 30.6 Å². The van der Waals surface area contributed by atoms with Crippen LogP contribution >= 0.6 is 0 Å². The minimum atomic E-state index is -0.536. The van der Waals surface area contributed by atoms with Gasteiger partial charge < -0.3 is 20.3 Å². The number of hydrogen-bond donors (Lipinski definition) is 3. The van der Waals surface area contributed by atoms with Crippen LogP contribution in [0.4, 0.5) is 0 Å². The van der Waals surface area contributed by atoms with Gasteiger partial charge in [0.2, 0.25) is 0 Å². The van der Waals surface area contributed by atoms with Crippen molar-refractivity contribution >= 4 is 0 Å². The van der Waals surface area contributed by atoms with E-state index in [4.69, 9.17) is 4.74 Å². The van der Waals surface area contributed by atoms with E-state index in [1.165, 1.54) is 11.1 Å². The van der Waals surface area contributed by atoms with Crippen LogP contribution in [0.15, 0.2) is 42.5 Å². The number of benzene rings is 2. The van der Waals surface area contributed by atoms with Crippen LogP contribution in [0.1, 0.15) is 23.1 Å². The minimum absolute atomic E-state index is 0.287. The van der Waals surface area contributed by atoms with Gasteiger partial charge in [0.1, 0.15) is 24.2 Å². The number of aliphatic hydroxyl groups is 1. The molecule has 0 aliphatic heterocycles. The number of aliphatic hydroxyl groups excluding tert-OH is 1. The summed E-state index contributed by atoms with van der Waals surface area (Å²) in [5.41, 5.74) is 3.59. The molecule has 0 amide bonds. The van der Waals surface area contributed by atoms with Gasteiger partial charge in [-0.15, -0.1) is 0 Å². The molecule has 1 aliphatic carbocycles. The molecule has 2 aromatic rings. The zero-order valence-corrected chi connectivity index (χ0v) is 14.0. The average Bonchev–Trinajstić information content (AvgIpc) is 2.59. The summed E-state index contributed by atoms with van der Waals surface area (Å²) < 4.78 is 5.69. The van der Waals surface area contributed by atoms with E-state index >= 15 is 0 Å². The molecule has 4 heteroatoms. The maximum absolute atomic E-state index is 10.1. The number of aromatic hydroxyl groups is 1. The van der Waals surface area contributed by atoms with E-state index < -0.39 is 6.10 Å². The quantitative estimate of drug-likeness (QED) is 0.763. The lowest BCUT2D eigenvalue weighted by Crippen LogP contribution is -2.40. The number of para-hydroxylation sites is 1. The summed E-state index contributed by atoms with van der Waals surface area (Å²) in [6, 6.07) is 13.8. The zero-order chi connectivity index (χ0) is 16.9. The molecule has 1 aliphatic rings. The van der Waals surface area contributed by atoms with E-state index in [1.807, 2.05) is 43.3 Å². The highest BCUT2D eigenvalue weighted by atomic mass is 16.5. The number of fused-ring (bicyclic) bond motifs is 1. The highest BCUT2D eigenvalue weighted by Crippen LogP contribution is 2.25. The maximum Gasteiger partial charge on any atom is 0.122 e. The first-order chi connectivity index (χ1) is 11.6. The molecule has 2 unspecified atom stereocenters. The molecule has 0 saturated carbocycles. The molecule has 3 N–H and O–H groups in total. The van der Waals surface area contributed by atoms with Gasteiger partial charge in [-0.1, -0.05) is 24.3 Å². The maximum atomic E-state index is 10.1. The standard InChI is InChI=1S/C20H25NO3/c1-14-4-2-3-5-20(14)24-13-19(23)12-21-17-8-6-16-11-18(22)9-7-15(16)10-17/h2-5,7,9,11,17,19,21-23H,6,8,10,12-13H2,1H3. The molecule has 2 aromatic carbocycles. The number of hydrogen-bond acceptors (Lipinski definition) is 4. The second kappa shape index (κ2) is 7.69. The van der Waals surface area contributed by atoms with Gasteiger partial charge in [0.15, 0.2) is 0 Å². The molecule has 3 rings (SSSR count). The second-order valence-electron chi connectivity index (χ2n) is 6.53. The molecule has 0 aromatic heterocycles. The SMILES string of the molecule is Cc1ccccc1OCC(O)CNC1CCc2cc(O)ccc2C1. The molecule has 128 valence electrons. The topological polar surface area (TPSA) is 61.7 Å². The van der Waals surface area contributed by atoms with Crippen molar-refractivity contribution in [2.45, 2.75) is 38.3 Å². The van der Waals surface area contributed by atoms with Crippen molar-refractivity contribution in [2.24, 2.45) is 0 Å². The van der Waals surface area contributed by atoms with E-state index in [9.17, 15) is 10.2 Å². The first-order valence-electron chi connectivity index (χ1n) is 8.52. The first-order valence-corrected chi connectivity index (χ1v) is 8.52. The number of ether oxygens (including phenoxy) is 1. The van der Waals surface area contributed by atoms with E-state index in [1.54, 1.807) is 6.07 Å². The van der Waals surface area contributed by atoms with Crippen molar-refractivity contribution in [2.75, 3.05) is 13.2 Å². The van der Waals surface area contributed by atoms with Gasteiger partial charge in [0.25, 0.3) is 0 Å². The molecule has 4 nitrogen and oxygen atoms in total. The molecule has 24 heavy (non-hydrogen) atoms. The lowest BCUT2D eigenvalue weighted by Gasteiger charge is -2.26. The van der Waals surface area contributed by atoms with E-state index in [-0.39, 0.29) is 6.61 Å². The third-order valence-electron chi connectivity index (χ3n) is 4.59. The Labute approximate surface area is 143 Å². The molecule has 0 heterocycles. The summed E-state index contributed by atoms with van der Waals surface area (Å²) in [5, 5.41) is 23.1. The molecule has 0 radical (unpaired) electrons. The Bertz CT molecular complexity index is 686. The molecule has 0 fully saturated rings. The van der Waals surface area contributed by atoms with Crippen LogP contribution in [0, 0.1) is 6.92 Å². The number of phenols is 1. The first kappa shape index (κ1) is 16.8. The van der Waals surface area contributed by atoms with Crippen molar-refractivity contribution in [1.29, 1.82) is 0 Å². The van der Waals surface area contributed by atoms with Crippen LogP contribution in [-0.4, -0.2) is 35.5 Å². The number of phenolic OH excluding ortho intramolecular Hbond substituents is 1. The van der Waals surface area contributed by atoms with Gasteiger partial charge in [0, 0.05) is 12.6 Å². The van der Waals surface area contributed by atoms with E-state index in [0.29, 0.717) is 18.3 Å². The van der Waals surface area contributed by atoms with Gasteiger partial charge in [-0.05, 0) is 61.1 Å². The Hall–Kier alpha value is -2.04. The molecule has 0 spiro atoms. The zero-order valence-electron chi connectivity index (χ0n) is 14.0. The van der Waals surface area contributed by atoms with E-state index in [2.05, 4.69) is 5.32 Å². The van der Waals surface area contributed by atoms with Crippen LogP contribution in [-0.2, 0) is 12.8 Å². The predicted molar refractivity (Wildman–Crippen MR) is 94.6 cm³/mol. The third-order valence-corrected chi connectivity index (χ3v) is 4.59. The largest absolute Gasteiger partial charge is 0.508 e. The Kier molecular flexibility index (Phi) is 5.38. The Morgan fingerprint density at radius 1 is 1.21 bits per heavy atom. The lowest BCUT2D eigenvalue weighted by atomic mass is 9.88. The van der Waals surface area contributed by atoms with Gasteiger partial charge >= 0.3 is 0 Å². The second-order valence-corrected chi connectivity index (χ2v) is 6.53.